The van der Waals surface area contributed by atoms with Gasteiger partial charge in [-0.1, -0.05) is 47.5 Å². The van der Waals surface area contributed by atoms with E-state index in [-0.39, 0.29) is 5.91 Å². The molecular formula is C23H23Cl2N5O. The van der Waals surface area contributed by atoms with Crippen LogP contribution in [0.3, 0.4) is 0 Å². The fourth-order valence-corrected chi connectivity index (χ4v) is 4.12. The lowest BCUT2D eigenvalue weighted by atomic mass is 9.97. The van der Waals surface area contributed by atoms with Gasteiger partial charge in [-0.15, -0.1) is 0 Å². The number of nitrogens with two attached hydrogens (primary N) is 1. The van der Waals surface area contributed by atoms with E-state index in [2.05, 4.69) is 15.7 Å². The van der Waals surface area contributed by atoms with E-state index in [9.17, 15) is 4.79 Å². The van der Waals surface area contributed by atoms with Crippen LogP contribution >= 0.6 is 23.2 Å². The van der Waals surface area contributed by atoms with E-state index < -0.39 is 6.29 Å². The lowest BCUT2D eigenvalue weighted by Crippen LogP contribution is -2.40. The summed E-state index contributed by atoms with van der Waals surface area (Å²) in [5, 5.41) is 5.89. The first-order valence-electron chi connectivity index (χ1n) is 10.0. The molecule has 2 heterocycles. The van der Waals surface area contributed by atoms with Gasteiger partial charge in [0.2, 0.25) is 0 Å². The van der Waals surface area contributed by atoms with Crippen LogP contribution < -0.4 is 16.5 Å². The number of halogens is 2. The number of hydrogen-bond acceptors (Lipinski definition) is 5. The number of carbonyl (C=O) groups excluding carboxylic acids is 1. The Bertz CT molecular complexity index is 1090. The van der Waals surface area contributed by atoms with Crippen molar-refractivity contribution in [2.45, 2.75) is 26.1 Å². The Hall–Kier alpha value is -2.64. The number of hydrazine groups is 1. The number of carbonyl (C=O) groups is 1. The molecule has 2 aromatic rings. The molecule has 1 unspecified atom stereocenters. The monoisotopic (exact) mass is 455 g/mol. The fourth-order valence-electron chi connectivity index (χ4n) is 3.59. The van der Waals surface area contributed by atoms with Crippen LogP contribution in [0.25, 0.3) is 5.57 Å². The number of benzene rings is 2. The van der Waals surface area contributed by atoms with Gasteiger partial charge in [0.05, 0.1) is 10.6 Å². The van der Waals surface area contributed by atoms with E-state index in [1.165, 1.54) is 5.56 Å². The van der Waals surface area contributed by atoms with Crippen LogP contribution in [-0.2, 0) is 6.42 Å². The maximum Gasteiger partial charge on any atom is 0.253 e. The average molecular weight is 456 g/mol. The first-order chi connectivity index (χ1) is 14.9. The summed E-state index contributed by atoms with van der Waals surface area (Å²) in [4.78, 5) is 17.2. The van der Waals surface area contributed by atoms with Crippen LogP contribution in [0.5, 0.6) is 0 Å². The highest BCUT2D eigenvalue weighted by Crippen LogP contribution is 2.32. The van der Waals surface area contributed by atoms with Crippen molar-refractivity contribution in [3.8, 4) is 0 Å². The smallest absolute Gasteiger partial charge is 0.253 e. The van der Waals surface area contributed by atoms with Crippen molar-refractivity contribution < 1.29 is 4.79 Å². The van der Waals surface area contributed by atoms with Crippen LogP contribution in [0.2, 0.25) is 10.0 Å². The van der Waals surface area contributed by atoms with Gasteiger partial charge in [0.15, 0.2) is 6.29 Å². The van der Waals surface area contributed by atoms with Crippen molar-refractivity contribution in [2.24, 2.45) is 10.7 Å². The molecule has 6 nitrogen and oxygen atoms in total. The highest BCUT2D eigenvalue weighted by Gasteiger charge is 2.24. The Kier molecular flexibility index (Phi) is 6.43. The van der Waals surface area contributed by atoms with Gasteiger partial charge in [-0.25, -0.2) is 4.99 Å². The predicted octanol–water partition coefficient (Wildman–Crippen LogP) is 4.04. The normalized spacial score (nSPS) is 17.3. The first-order valence-corrected chi connectivity index (χ1v) is 10.8. The zero-order chi connectivity index (χ0) is 22.0. The van der Waals surface area contributed by atoms with Crippen LogP contribution in [0.15, 0.2) is 59.7 Å². The molecule has 0 aromatic heterocycles. The van der Waals surface area contributed by atoms with Gasteiger partial charge in [-0.05, 0) is 60.8 Å². The zero-order valence-electron chi connectivity index (χ0n) is 17.0. The Morgan fingerprint density at radius 3 is 2.77 bits per heavy atom. The molecule has 2 aliphatic rings. The number of amidine groups is 1. The molecule has 0 spiro atoms. The summed E-state index contributed by atoms with van der Waals surface area (Å²) in [5.74, 6) is 0.527. The topological polar surface area (TPSA) is 82.8 Å². The Morgan fingerprint density at radius 2 is 2.00 bits per heavy atom. The van der Waals surface area contributed by atoms with E-state index in [4.69, 9.17) is 28.9 Å². The third kappa shape index (κ3) is 4.83. The van der Waals surface area contributed by atoms with Gasteiger partial charge >= 0.3 is 0 Å². The molecule has 2 aliphatic heterocycles. The second-order valence-corrected chi connectivity index (χ2v) is 8.27. The minimum absolute atomic E-state index is 0.177. The largest absolute Gasteiger partial charge is 0.352 e. The van der Waals surface area contributed by atoms with Crippen LogP contribution in [0.1, 0.15) is 33.5 Å². The standard InChI is InChI=1S/C23H23Cl2N5O/c1-14-4-9-18(16-10-12-30-19(13-16)28-23(26)29-30)21(25)20(14)22(31)27-11-2-3-15-5-7-17(24)8-6-15/h4-10,12-13,23,29H,2-3,11,26H2,1H3,(H,27,31). The van der Waals surface area contributed by atoms with Gasteiger partial charge in [-0.2, -0.15) is 5.43 Å². The average Bonchev–Trinajstić information content (AvgIpc) is 3.12. The molecule has 0 saturated carbocycles. The molecule has 31 heavy (non-hydrogen) atoms. The molecule has 160 valence electrons. The number of aryl methyl sites for hydroxylation is 2. The van der Waals surface area contributed by atoms with Crippen molar-refractivity contribution in [1.29, 1.82) is 0 Å². The molecule has 0 fully saturated rings. The Balaban J connectivity index is 1.45. The van der Waals surface area contributed by atoms with Gasteiger partial charge in [0, 0.05) is 23.3 Å². The van der Waals surface area contributed by atoms with Crippen molar-refractivity contribution in [3.63, 3.8) is 0 Å². The lowest BCUT2D eigenvalue weighted by Gasteiger charge is -2.20. The van der Waals surface area contributed by atoms with Crippen molar-refractivity contribution in [3.05, 3.63) is 87.0 Å². The van der Waals surface area contributed by atoms with Crippen molar-refractivity contribution >= 4 is 40.5 Å². The van der Waals surface area contributed by atoms with E-state index in [1.807, 2.05) is 61.7 Å². The molecule has 1 amide bonds. The number of amides is 1. The summed E-state index contributed by atoms with van der Waals surface area (Å²) in [7, 11) is 0. The first kappa shape index (κ1) is 21.6. The molecule has 4 rings (SSSR count). The van der Waals surface area contributed by atoms with Crippen LogP contribution in [0.4, 0.5) is 0 Å². The number of rotatable bonds is 6. The summed E-state index contributed by atoms with van der Waals surface area (Å²) < 4.78 is 0. The van der Waals surface area contributed by atoms with E-state index in [1.54, 1.807) is 5.01 Å². The molecule has 4 N–H and O–H groups in total. The van der Waals surface area contributed by atoms with Gasteiger partial charge in [-0.3, -0.25) is 15.5 Å². The lowest BCUT2D eigenvalue weighted by molar-refractivity contribution is 0.0952. The summed E-state index contributed by atoms with van der Waals surface area (Å²) in [5.41, 5.74) is 12.9. The molecule has 2 aromatic carbocycles. The molecule has 0 bridgehead atoms. The SMILES string of the molecule is Cc1ccc(C2=CC3=NC(N)NN3C=C2)c(Cl)c1C(=O)NCCCc1ccc(Cl)cc1. The molecule has 0 radical (unpaired) electrons. The van der Waals surface area contributed by atoms with Crippen LogP contribution in [0, 0.1) is 6.92 Å². The second-order valence-electron chi connectivity index (χ2n) is 7.45. The molecule has 8 heteroatoms. The van der Waals surface area contributed by atoms with E-state index in [0.29, 0.717) is 23.0 Å². The second kappa shape index (κ2) is 9.24. The number of nitrogens with one attached hydrogen (secondary N) is 2. The van der Waals surface area contributed by atoms with E-state index in [0.717, 1.165) is 34.6 Å². The van der Waals surface area contributed by atoms with Crippen LogP contribution in [-0.4, -0.2) is 29.6 Å². The van der Waals surface area contributed by atoms with Gasteiger partial charge < -0.3 is 5.32 Å². The van der Waals surface area contributed by atoms with Gasteiger partial charge in [0.25, 0.3) is 5.91 Å². The molecular weight excluding hydrogens is 433 g/mol. The Labute approximate surface area is 191 Å². The third-order valence-electron chi connectivity index (χ3n) is 5.21. The highest BCUT2D eigenvalue weighted by atomic mass is 35.5. The molecule has 0 aliphatic carbocycles. The molecule has 1 atom stereocenters. The number of nitrogens with zero attached hydrogens (tertiary/aromatic N) is 2. The van der Waals surface area contributed by atoms with Crippen molar-refractivity contribution in [2.75, 3.05) is 6.54 Å². The number of aliphatic imine (C=N–C) groups is 1. The maximum absolute atomic E-state index is 12.9. The Morgan fingerprint density at radius 1 is 1.23 bits per heavy atom. The summed E-state index contributed by atoms with van der Waals surface area (Å²) >= 11 is 12.6. The fraction of sp³-hybridized carbons (Fsp3) is 0.217. The maximum atomic E-state index is 12.9. The molecule has 0 saturated heterocycles. The summed E-state index contributed by atoms with van der Waals surface area (Å²) in [6.07, 6.45) is 6.85. The van der Waals surface area contributed by atoms with Crippen molar-refractivity contribution in [1.82, 2.24) is 15.8 Å². The predicted molar refractivity (Wildman–Crippen MR) is 126 cm³/mol. The summed E-state index contributed by atoms with van der Waals surface area (Å²) in [6.45, 7) is 2.44. The number of hydrogen-bond donors (Lipinski definition) is 3. The minimum Gasteiger partial charge on any atom is -0.352 e. The third-order valence-corrected chi connectivity index (χ3v) is 5.85. The van der Waals surface area contributed by atoms with E-state index >= 15 is 0 Å². The highest BCUT2D eigenvalue weighted by molar-refractivity contribution is 6.36. The number of allylic oxidation sites excluding steroid dienone is 2. The summed E-state index contributed by atoms with van der Waals surface area (Å²) in [6, 6.07) is 11.6. The zero-order valence-corrected chi connectivity index (χ0v) is 18.5. The quantitative estimate of drug-likeness (QED) is 0.574. The minimum atomic E-state index is -0.474. The number of fused-ring (bicyclic) bond motifs is 1. The van der Waals surface area contributed by atoms with Gasteiger partial charge in [0.1, 0.15) is 5.84 Å².